The minimum Gasteiger partial charge on any atom is -0.468 e. The van der Waals surface area contributed by atoms with Gasteiger partial charge in [0, 0.05) is 11.0 Å². The second-order valence-electron chi connectivity index (χ2n) is 5.88. The van der Waals surface area contributed by atoms with Crippen molar-refractivity contribution in [3.63, 3.8) is 0 Å². The summed E-state index contributed by atoms with van der Waals surface area (Å²) in [4.78, 5) is 12.3. The molecule has 0 aromatic rings. The fourth-order valence-electron chi connectivity index (χ4n) is 3.02. The standard InChI is InChI=1S/C15H27NO2S/c1-3-10-16-15(12-8-9-12,14(17)18-2)11-19-13-6-4-5-7-13/h12-13,16H,3-11H2,1-2H3. The molecule has 2 saturated carbocycles. The maximum Gasteiger partial charge on any atom is 0.327 e. The van der Waals surface area contributed by atoms with Crippen molar-refractivity contribution >= 4 is 17.7 Å². The van der Waals surface area contributed by atoms with Crippen LogP contribution < -0.4 is 5.32 Å². The Bertz CT molecular complexity index is 301. The Hall–Kier alpha value is -0.220. The van der Waals surface area contributed by atoms with E-state index in [1.807, 2.05) is 11.8 Å². The van der Waals surface area contributed by atoms with Crippen LogP contribution in [0.15, 0.2) is 0 Å². The zero-order chi connectivity index (χ0) is 13.7. The molecule has 2 aliphatic rings. The first kappa shape index (κ1) is 15.2. The van der Waals surface area contributed by atoms with Crippen molar-refractivity contribution < 1.29 is 9.53 Å². The molecule has 0 radical (unpaired) electrons. The van der Waals surface area contributed by atoms with Gasteiger partial charge in [0.15, 0.2) is 0 Å². The lowest BCUT2D eigenvalue weighted by Crippen LogP contribution is -2.57. The third-order valence-electron chi connectivity index (χ3n) is 4.36. The minimum atomic E-state index is -0.419. The Morgan fingerprint density at radius 2 is 2.00 bits per heavy atom. The second kappa shape index (κ2) is 6.98. The number of hydrogen-bond donors (Lipinski definition) is 1. The van der Waals surface area contributed by atoms with Crippen molar-refractivity contribution in [2.45, 2.75) is 62.7 Å². The Kier molecular flexibility index (Phi) is 5.58. The molecule has 0 aliphatic heterocycles. The van der Waals surface area contributed by atoms with Crippen molar-refractivity contribution in [2.75, 3.05) is 19.4 Å². The highest BCUT2D eigenvalue weighted by Crippen LogP contribution is 2.44. The summed E-state index contributed by atoms with van der Waals surface area (Å²) in [6.45, 7) is 3.04. The molecule has 1 atom stereocenters. The number of esters is 1. The first-order chi connectivity index (χ1) is 9.23. The third kappa shape index (κ3) is 3.66. The fourth-order valence-corrected chi connectivity index (χ4v) is 4.64. The van der Waals surface area contributed by atoms with E-state index in [2.05, 4.69) is 12.2 Å². The van der Waals surface area contributed by atoms with Crippen molar-refractivity contribution in [2.24, 2.45) is 5.92 Å². The Balaban J connectivity index is 1.99. The maximum atomic E-state index is 12.3. The third-order valence-corrected chi connectivity index (χ3v) is 5.93. The largest absolute Gasteiger partial charge is 0.468 e. The molecule has 1 unspecified atom stereocenters. The molecule has 2 fully saturated rings. The summed E-state index contributed by atoms with van der Waals surface area (Å²) >= 11 is 1.99. The number of hydrogen-bond acceptors (Lipinski definition) is 4. The van der Waals surface area contributed by atoms with Gasteiger partial charge in [-0.1, -0.05) is 19.8 Å². The van der Waals surface area contributed by atoms with Crippen LogP contribution in [0, 0.1) is 5.92 Å². The maximum absolute atomic E-state index is 12.3. The van der Waals surface area contributed by atoms with Crippen LogP contribution in [0.1, 0.15) is 51.9 Å². The van der Waals surface area contributed by atoms with Crippen LogP contribution in [0.5, 0.6) is 0 Å². The number of ether oxygens (including phenoxy) is 1. The molecule has 0 heterocycles. The van der Waals surface area contributed by atoms with Crippen molar-refractivity contribution in [3.8, 4) is 0 Å². The molecule has 1 N–H and O–H groups in total. The summed E-state index contributed by atoms with van der Waals surface area (Å²) in [5.41, 5.74) is -0.419. The van der Waals surface area contributed by atoms with E-state index < -0.39 is 5.54 Å². The fraction of sp³-hybridized carbons (Fsp3) is 0.933. The SMILES string of the molecule is CCCNC(CSC1CCCC1)(C(=O)OC)C1CC1. The van der Waals surface area contributed by atoms with E-state index in [1.54, 1.807) is 0 Å². The van der Waals surface area contributed by atoms with Gasteiger partial charge < -0.3 is 10.1 Å². The van der Waals surface area contributed by atoms with E-state index in [0.29, 0.717) is 5.92 Å². The van der Waals surface area contributed by atoms with Crippen LogP contribution in [0.2, 0.25) is 0 Å². The summed E-state index contributed by atoms with van der Waals surface area (Å²) in [6.07, 6.45) is 8.73. The molecule has 3 nitrogen and oxygen atoms in total. The van der Waals surface area contributed by atoms with Gasteiger partial charge in [-0.25, -0.2) is 0 Å². The second-order valence-corrected chi connectivity index (χ2v) is 7.17. The average molecular weight is 285 g/mol. The molecule has 0 saturated heterocycles. The summed E-state index contributed by atoms with van der Waals surface area (Å²) in [6, 6.07) is 0. The molecule has 4 heteroatoms. The lowest BCUT2D eigenvalue weighted by molar-refractivity contribution is -0.148. The molecule has 0 bridgehead atoms. The molecule has 0 amide bonds. The smallest absolute Gasteiger partial charge is 0.327 e. The number of carbonyl (C=O) groups is 1. The molecule has 2 aliphatic carbocycles. The normalized spacial score (nSPS) is 23.3. The Morgan fingerprint density at radius 3 is 2.53 bits per heavy atom. The van der Waals surface area contributed by atoms with Crippen LogP contribution in [0.3, 0.4) is 0 Å². The molecule has 0 aromatic heterocycles. The number of carbonyl (C=O) groups excluding carboxylic acids is 1. The highest BCUT2D eigenvalue weighted by molar-refractivity contribution is 8.00. The number of nitrogens with one attached hydrogen (secondary N) is 1. The number of rotatable bonds is 8. The van der Waals surface area contributed by atoms with Crippen molar-refractivity contribution in [1.29, 1.82) is 0 Å². The molecular weight excluding hydrogens is 258 g/mol. The number of thioether (sulfide) groups is 1. The van der Waals surface area contributed by atoms with E-state index in [1.165, 1.54) is 32.8 Å². The molecule has 0 aromatic carbocycles. The summed E-state index contributed by atoms with van der Waals surface area (Å²) in [5.74, 6) is 1.32. The minimum absolute atomic E-state index is 0.0473. The lowest BCUT2D eigenvalue weighted by atomic mass is 9.95. The van der Waals surface area contributed by atoms with Gasteiger partial charge in [0.05, 0.1) is 7.11 Å². The van der Waals surface area contributed by atoms with Crippen LogP contribution in [-0.2, 0) is 9.53 Å². The molecule has 2 rings (SSSR count). The summed E-state index contributed by atoms with van der Waals surface area (Å²) in [7, 11) is 1.52. The predicted octanol–water partition coefficient (Wildman–Crippen LogP) is 2.98. The van der Waals surface area contributed by atoms with Gasteiger partial charge in [-0.3, -0.25) is 4.79 Å². The van der Waals surface area contributed by atoms with Gasteiger partial charge in [-0.05, 0) is 44.6 Å². The van der Waals surface area contributed by atoms with E-state index >= 15 is 0 Å². The first-order valence-electron chi connectivity index (χ1n) is 7.68. The van der Waals surface area contributed by atoms with E-state index in [-0.39, 0.29) is 5.97 Å². The van der Waals surface area contributed by atoms with Crippen LogP contribution in [-0.4, -0.2) is 36.2 Å². The van der Waals surface area contributed by atoms with Gasteiger partial charge in [0.25, 0.3) is 0 Å². The lowest BCUT2D eigenvalue weighted by Gasteiger charge is -2.33. The predicted molar refractivity (Wildman–Crippen MR) is 80.5 cm³/mol. The zero-order valence-corrected chi connectivity index (χ0v) is 13.1. The zero-order valence-electron chi connectivity index (χ0n) is 12.2. The molecule has 0 spiro atoms. The first-order valence-corrected chi connectivity index (χ1v) is 8.73. The average Bonchev–Trinajstić information content (AvgIpc) is 3.16. The summed E-state index contributed by atoms with van der Waals surface area (Å²) < 4.78 is 5.11. The van der Waals surface area contributed by atoms with Gasteiger partial charge >= 0.3 is 5.97 Å². The van der Waals surface area contributed by atoms with Gasteiger partial charge in [0.1, 0.15) is 5.54 Å². The Morgan fingerprint density at radius 1 is 1.32 bits per heavy atom. The van der Waals surface area contributed by atoms with Gasteiger partial charge in [0.2, 0.25) is 0 Å². The van der Waals surface area contributed by atoms with E-state index in [4.69, 9.17) is 4.74 Å². The quantitative estimate of drug-likeness (QED) is 0.696. The molecular formula is C15H27NO2S. The van der Waals surface area contributed by atoms with Crippen LogP contribution >= 0.6 is 11.8 Å². The highest BCUT2D eigenvalue weighted by atomic mass is 32.2. The van der Waals surface area contributed by atoms with Crippen molar-refractivity contribution in [1.82, 2.24) is 5.32 Å². The van der Waals surface area contributed by atoms with Gasteiger partial charge in [-0.2, -0.15) is 11.8 Å². The molecule has 19 heavy (non-hydrogen) atoms. The topological polar surface area (TPSA) is 38.3 Å². The highest BCUT2D eigenvalue weighted by Gasteiger charge is 2.51. The summed E-state index contributed by atoms with van der Waals surface area (Å²) in [5, 5.41) is 4.28. The number of methoxy groups -OCH3 is 1. The van der Waals surface area contributed by atoms with Crippen molar-refractivity contribution in [3.05, 3.63) is 0 Å². The molecule has 110 valence electrons. The van der Waals surface area contributed by atoms with E-state index in [9.17, 15) is 4.79 Å². The van der Waals surface area contributed by atoms with Crippen LogP contribution in [0.4, 0.5) is 0 Å². The monoisotopic (exact) mass is 285 g/mol. The van der Waals surface area contributed by atoms with E-state index in [0.717, 1.165) is 36.8 Å². The Labute approximate surface area is 121 Å². The van der Waals surface area contributed by atoms with Gasteiger partial charge in [-0.15, -0.1) is 0 Å². The van der Waals surface area contributed by atoms with Crippen LogP contribution in [0.25, 0.3) is 0 Å².